The van der Waals surface area contributed by atoms with Crippen LogP contribution in [0.25, 0.3) is 5.69 Å². The molecule has 0 aliphatic carbocycles. The molecule has 6 heteroatoms. The maximum Gasteiger partial charge on any atom is 0.418 e. The van der Waals surface area contributed by atoms with Crippen molar-refractivity contribution in [3.05, 3.63) is 47.3 Å². The Balaban J connectivity index is 2.54. The minimum atomic E-state index is -4.39. The van der Waals surface area contributed by atoms with E-state index >= 15 is 0 Å². The highest BCUT2D eigenvalue weighted by Crippen LogP contribution is 2.34. The van der Waals surface area contributed by atoms with E-state index in [-0.39, 0.29) is 5.69 Å². The van der Waals surface area contributed by atoms with Crippen molar-refractivity contribution < 1.29 is 13.2 Å². The van der Waals surface area contributed by atoms with E-state index in [4.69, 9.17) is 0 Å². The highest BCUT2D eigenvalue weighted by atomic mass is 19.4. The van der Waals surface area contributed by atoms with Crippen LogP contribution in [-0.4, -0.2) is 16.8 Å². The molecule has 3 nitrogen and oxygen atoms in total. The molecule has 0 amide bonds. The Labute approximate surface area is 109 Å². The van der Waals surface area contributed by atoms with Crippen LogP contribution in [0.4, 0.5) is 13.2 Å². The van der Waals surface area contributed by atoms with Gasteiger partial charge >= 0.3 is 6.18 Å². The van der Waals surface area contributed by atoms with Crippen molar-refractivity contribution in [1.82, 2.24) is 15.1 Å². The summed E-state index contributed by atoms with van der Waals surface area (Å²) in [5.74, 6) is 0. The third kappa shape index (κ3) is 2.63. The number of aromatic nitrogens is 2. The largest absolute Gasteiger partial charge is 0.418 e. The van der Waals surface area contributed by atoms with E-state index in [2.05, 4.69) is 10.4 Å². The van der Waals surface area contributed by atoms with Crippen LogP contribution in [0.15, 0.2) is 30.5 Å². The predicted octanol–water partition coefficient (Wildman–Crippen LogP) is 2.92. The highest BCUT2D eigenvalue weighted by Gasteiger charge is 2.34. The van der Waals surface area contributed by atoms with Crippen molar-refractivity contribution in [2.45, 2.75) is 19.6 Å². The molecule has 1 heterocycles. The van der Waals surface area contributed by atoms with Crippen LogP contribution in [0.1, 0.15) is 16.8 Å². The molecule has 1 N–H and O–H groups in total. The Morgan fingerprint density at radius 3 is 2.58 bits per heavy atom. The molecule has 0 saturated carbocycles. The number of para-hydroxylation sites is 1. The van der Waals surface area contributed by atoms with Gasteiger partial charge in [-0.25, -0.2) is 4.68 Å². The summed E-state index contributed by atoms with van der Waals surface area (Å²) in [6, 6.07) is 5.43. The fourth-order valence-corrected chi connectivity index (χ4v) is 1.95. The van der Waals surface area contributed by atoms with E-state index in [0.29, 0.717) is 12.2 Å². The van der Waals surface area contributed by atoms with Crippen molar-refractivity contribution in [2.24, 2.45) is 0 Å². The summed E-state index contributed by atoms with van der Waals surface area (Å²) >= 11 is 0. The third-order valence-corrected chi connectivity index (χ3v) is 2.92. The Hall–Kier alpha value is -1.82. The molecule has 0 aliphatic heterocycles. The van der Waals surface area contributed by atoms with Crippen LogP contribution >= 0.6 is 0 Å². The Morgan fingerprint density at radius 1 is 1.26 bits per heavy atom. The SMILES string of the molecule is CNCc1cnn(-c2ccccc2C(F)(F)F)c1C. The predicted molar refractivity (Wildman–Crippen MR) is 66.1 cm³/mol. The van der Waals surface area contributed by atoms with Crippen molar-refractivity contribution >= 4 is 0 Å². The molecule has 0 bridgehead atoms. The molecule has 0 radical (unpaired) electrons. The van der Waals surface area contributed by atoms with Crippen molar-refractivity contribution in [2.75, 3.05) is 7.05 Å². The molecule has 0 saturated heterocycles. The fourth-order valence-electron chi connectivity index (χ4n) is 1.95. The minimum Gasteiger partial charge on any atom is -0.316 e. The van der Waals surface area contributed by atoms with Gasteiger partial charge in [0.05, 0.1) is 17.4 Å². The van der Waals surface area contributed by atoms with Gasteiger partial charge in [-0.3, -0.25) is 0 Å². The second-order valence-corrected chi connectivity index (χ2v) is 4.21. The second-order valence-electron chi connectivity index (χ2n) is 4.21. The molecule has 0 unspecified atom stereocenters. The molecule has 0 atom stereocenters. The van der Waals surface area contributed by atoms with Gasteiger partial charge in [0.25, 0.3) is 0 Å². The molecule has 0 spiro atoms. The highest BCUT2D eigenvalue weighted by molar-refractivity contribution is 5.44. The van der Waals surface area contributed by atoms with E-state index in [1.807, 2.05) is 0 Å². The van der Waals surface area contributed by atoms with Crippen LogP contribution in [0, 0.1) is 6.92 Å². The quantitative estimate of drug-likeness (QED) is 0.928. The number of nitrogens with one attached hydrogen (secondary N) is 1. The maximum atomic E-state index is 13.0. The first-order valence-corrected chi connectivity index (χ1v) is 5.80. The van der Waals surface area contributed by atoms with Gasteiger partial charge in [0.15, 0.2) is 0 Å². The molecular formula is C13H14F3N3. The summed E-state index contributed by atoms with van der Waals surface area (Å²) in [4.78, 5) is 0. The number of hydrogen-bond donors (Lipinski definition) is 1. The lowest BCUT2D eigenvalue weighted by atomic mass is 10.1. The number of hydrogen-bond acceptors (Lipinski definition) is 2. The summed E-state index contributed by atoms with van der Waals surface area (Å²) in [6.07, 6.45) is -2.81. The van der Waals surface area contributed by atoms with Crippen LogP contribution in [0.2, 0.25) is 0 Å². The molecule has 2 aromatic rings. The monoisotopic (exact) mass is 269 g/mol. The van der Waals surface area contributed by atoms with Gasteiger partial charge in [0.2, 0.25) is 0 Å². The number of nitrogens with zero attached hydrogens (tertiary/aromatic N) is 2. The lowest BCUT2D eigenvalue weighted by Crippen LogP contribution is -2.12. The summed E-state index contributed by atoms with van der Waals surface area (Å²) in [6.45, 7) is 2.33. The molecular weight excluding hydrogens is 255 g/mol. The number of rotatable bonds is 3. The maximum absolute atomic E-state index is 13.0. The van der Waals surface area contributed by atoms with E-state index < -0.39 is 11.7 Å². The summed E-state index contributed by atoms with van der Waals surface area (Å²) < 4.78 is 40.2. The molecule has 1 aromatic carbocycles. The number of alkyl halides is 3. The second kappa shape index (κ2) is 5.05. The van der Waals surface area contributed by atoms with Crippen LogP contribution < -0.4 is 5.32 Å². The van der Waals surface area contributed by atoms with Gasteiger partial charge in [-0.2, -0.15) is 18.3 Å². The summed E-state index contributed by atoms with van der Waals surface area (Å²) in [5.41, 5.74) is 0.942. The number of halogens is 3. The first-order chi connectivity index (χ1) is 8.95. The van der Waals surface area contributed by atoms with Crippen molar-refractivity contribution in [3.63, 3.8) is 0 Å². The Bertz CT molecular complexity index is 573. The van der Waals surface area contributed by atoms with Crippen LogP contribution in [0.5, 0.6) is 0 Å². The molecule has 1 aromatic heterocycles. The molecule has 0 fully saturated rings. The van der Waals surface area contributed by atoms with Gasteiger partial charge in [0, 0.05) is 17.8 Å². The van der Waals surface area contributed by atoms with Crippen molar-refractivity contribution in [1.29, 1.82) is 0 Å². The average molecular weight is 269 g/mol. The standard InChI is InChI=1S/C13H14F3N3/c1-9-10(7-17-2)8-18-19(9)12-6-4-3-5-11(12)13(14,15)16/h3-6,8,17H,7H2,1-2H3. The number of benzene rings is 1. The Kier molecular flexibility index (Phi) is 3.61. The third-order valence-electron chi connectivity index (χ3n) is 2.92. The lowest BCUT2D eigenvalue weighted by Gasteiger charge is -2.13. The fraction of sp³-hybridized carbons (Fsp3) is 0.308. The first-order valence-electron chi connectivity index (χ1n) is 5.80. The zero-order valence-electron chi connectivity index (χ0n) is 10.6. The van der Waals surface area contributed by atoms with Gasteiger partial charge in [-0.05, 0) is 26.1 Å². The minimum absolute atomic E-state index is 0.0508. The van der Waals surface area contributed by atoms with Crippen LogP contribution in [0.3, 0.4) is 0 Å². The molecule has 2 rings (SSSR count). The van der Waals surface area contributed by atoms with Gasteiger partial charge in [-0.15, -0.1) is 0 Å². The van der Waals surface area contributed by atoms with E-state index in [9.17, 15) is 13.2 Å². The topological polar surface area (TPSA) is 29.9 Å². The van der Waals surface area contributed by atoms with Crippen molar-refractivity contribution in [3.8, 4) is 5.69 Å². The summed E-state index contributed by atoms with van der Waals surface area (Å²) in [7, 11) is 1.78. The van der Waals surface area contributed by atoms with Gasteiger partial charge in [-0.1, -0.05) is 12.1 Å². The average Bonchev–Trinajstić information content (AvgIpc) is 2.71. The smallest absolute Gasteiger partial charge is 0.316 e. The molecule has 0 aliphatic rings. The Morgan fingerprint density at radius 2 is 1.95 bits per heavy atom. The zero-order valence-corrected chi connectivity index (χ0v) is 10.6. The molecule has 102 valence electrons. The first kappa shape index (κ1) is 13.6. The lowest BCUT2D eigenvalue weighted by molar-refractivity contribution is -0.137. The van der Waals surface area contributed by atoms with Gasteiger partial charge in [0.1, 0.15) is 0 Å². The van der Waals surface area contributed by atoms with E-state index in [1.54, 1.807) is 26.2 Å². The molecule has 19 heavy (non-hydrogen) atoms. The normalized spacial score (nSPS) is 11.8. The zero-order chi connectivity index (χ0) is 14.0. The summed E-state index contributed by atoms with van der Waals surface area (Å²) in [5, 5.41) is 7.01. The van der Waals surface area contributed by atoms with E-state index in [1.165, 1.54) is 16.8 Å². The van der Waals surface area contributed by atoms with E-state index in [0.717, 1.165) is 11.6 Å². The van der Waals surface area contributed by atoms with Crippen LogP contribution in [-0.2, 0) is 12.7 Å². The van der Waals surface area contributed by atoms with Gasteiger partial charge < -0.3 is 5.32 Å².